The zero-order valence-electron chi connectivity index (χ0n) is 20.5. The summed E-state index contributed by atoms with van der Waals surface area (Å²) in [6, 6.07) is 20.2. The molecule has 4 aromatic rings. The summed E-state index contributed by atoms with van der Waals surface area (Å²) in [6.07, 6.45) is 2.56. The highest BCUT2D eigenvalue weighted by Gasteiger charge is 2.23. The normalized spacial score (nSPS) is 13.3. The van der Waals surface area contributed by atoms with Gasteiger partial charge in [0.2, 0.25) is 5.78 Å². The summed E-state index contributed by atoms with van der Waals surface area (Å²) in [7, 11) is 0.500. The molecule has 3 aromatic carbocycles. The van der Waals surface area contributed by atoms with Crippen molar-refractivity contribution in [3.8, 4) is 23.0 Å². The predicted molar refractivity (Wildman–Crippen MR) is 143 cm³/mol. The molecule has 0 spiro atoms. The lowest BCUT2D eigenvalue weighted by Gasteiger charge is -2.15. The Hall–Kier alpha value is -3.42. The van der Waals surface area contributed by atoms with Gasteiger partial charge in [0.05, 0.1) is 7.18 Å². The van der Waals surface area contributed by atoms with E-state index in [1.807, 2.05) is 55.5 Å². The molecule has 7 heteroatoms. The molecule has 1 aliphatic heterocycles. The number of fused-ring (bicyclic) bond motifs is 1. The molecule has 1 saturated heterocycles. The maximum atomic E-state index is 13.5. The van der Waals surface area contributed by atoms with E-state index in [-0.39, 0.29) is 11.5 Å². The third-order valence-corrected chi connectivity index (χ3v) is 7.28. The molecular weight excluding hydrogens is 477 g/mol. The third-order valence-electron chi connectivity index (χ3n) is 6.13. The number of rotatable bonds is 8. The van der Waals surface area contributed by atoms with Crippen molar-refractivity contribution in [2.45, 2.75) is 19.8 Å². The average Bonchev–Trinajstić information content (AvgIpc) is 3.54. The first kappa shape index (κ1) is 25.7. The van der Waals surface area contributed by atoms with Crippen molar-refractivity contribution in [2.24, 2.45) is 0 Å². The van der Waals surface area contributed by atoms with Gasteiger partial charge in [0, 0.05) is 22.2 Å². The van der Waals surface area contributed by atoms with Crippen molar-refractivity contribution in [3.05, 3.63) is 82.7 Å². The van der Waals surface area contributed by atoms with Crippen LogP contribution in [0.1, 0.15) is 33.6 Å². The number of alkyl halides is 1. The number of aryl methyl sites for hydroxylation is 1. The topological polar surface area (TPSA) is 59.0 Å². The highest BCUT2D eigenvalue weighted by molar-refractivity contribution is 7.21. The van der Waals surface area contributed by atoms with Crippen LogP contribution < -0.4 is 9.47 Å². The average molecular weight is 508 g/mol. The zero-order chi connectivity index (χ0) is 25.5. The number of hydrogen-bond acceptors (Lipinski definition) is 6. The highest BCUT2D eigenvalue weighted by atomic mass is 32.1. The Morgan fingerprint density at radius 3 is 2.42 bits per heavy atom. The van der Waals surface area contributed by atoms with Gasteiger partial charge in [0.25, 0.3) is 0 Å². The summed E-state index contributed by atoms with van der Waals surface area (Å²) in [5.41, 5.74) is 1.28. The van der Waals surface area contributed by atoms with Crippen LogP contribution in [0.3, 0.4) is 0 Å². The Morgan fingerprint density at radius 2 is 1.69 bits per heavy atom. The van der Waals surface area contributed by atoms with Crippen LogP contribution in [0.15, 0.2) is 66.7 Å². The van der Waals surface area contributed by atoms with Gasteiger partial charge in [0.1, 0.15) is 28.7 Å². The van der Waals surface area contributed by atoms with Gasteiger partial charge < -0.3 is 14.6 Å². The lowest BCUT2D eigenvalue weighted by Crippen LogP contribution is -2.25. The number of aromatic hydroxyl groups is 1. The first-order valence-corrected chi connectivity index (χ1v) is 12.8. The number of carbonyl (C=O) groups is 1. The Labute approximate surface area is 214 Å². The molecule has 1 fully saturated rings. The molecule has 0 bridgehead atoms. The van der Waals surface area contributed by atoms with E-state index < -0.39 is 0 Å². The fourth-order valence-electron chi connectivity index (χ4n) is 4.32. The molecule has 0 aliphatic carbocycles. The van der Waals surface area contributed by atoms with Crippen LogP contribution in [0.25, 0.3) is 10.1 Å². The number of ketones is 1. The van der Waals surface area contributed by atoms with E-state index in [4.69, 9.17) is 9.47 Å². The van der Waals surface area contributed by atoms with E-state index in [1.54, 1.807) is 12.1 Å². The van der Waals surface area contributed by atoms with Crippen LogP contribution in [0.5, 0.6) is 23.0 Å². The van der Waals surface area contributed by atoms with E-state index in [9.17, 15) is 14.3 Å². The number of carbonyl (C=O) groups excluding carboxylic acids is 1. The smallest absolute Gasteiger partial charge is 0.207 e. The fraction of sp³-hybridized carbons (Fsp3) is 0.276. The second-order valence-electron chi connectivity index (χ2n) is 8.56. The Balaban J connectivity index is 0.00000148. The standard InChI is InChI=1S/C28H27NO4S.CH3F/c1-19-18-20(30)8-13-23(19)26(31)28-27(24-6-2-3-7-25(24)34-28)33-22-11-9-21(10-12-22)32-17-16-29-14-4-5-15-29;1-2/h2-3,6-13,18,30H,4-5,14-17H2,1H3;1H3. The van der Waals surface area contributed by atoms with Crippen LogP contribution in [0.2, 0.25) is 0 Å². The number of hydrogen-bond donors (Lipinski definition) is 1. The van der Waals surface area contributed by atoms with Gasteiger partial charge in [-0.15, -0.1) is 11.3 Å². The molecule has 0 amide bonds. The van der Waals surface area contributed by atoms with Crippen LogP contribution in [-0.4, -0.2) is 49.2 Å². The third kappa shape index (κ3) is 5.86. The minimum Gasteiger partial charge on any atom is -0.508 e. The molecule has 2 heterocycles. The lowest BCUT2D eigenvalue weighted by molar-refractivity contribution is 0.104. The minimum atomic E-state index is -0.115. The Morgan fingerprint density at radius 1 is 1.00 bits per heavy atom. The Kier molecular flexibility index (Phi) is 8.57. The Bertz CT molecular complexity index is 1310. The van der Waals surface area contributed by atoms with Crippen molar-refractivity contribution in [1.29, 1.82) is 0 Å². The molecule has 5 nitrogen and oxygen atoms in total. The molecule has 1 aliphatic rings. The van der Waals surface area contributed by atoms with E-state index >= 15 is 0 Å². The van der Waals surface area contributed by atoms with Gasteiger partial charge >= 0.3 is 0 Å². The maximum absolute atomic E-state index is 13.5. The molecule has 5 rings (SSSR count). The summed E-state index contributed by atoms with van der Waals surface area (Å²) in [4.78, 5) is 16.4. The predicted octanol–water partition coefficient (Wildman–Crippen LogP) is 7.00. The number of phenolic OH excluding ortho intramolecular Hbond substituents is 1. The van der Waals surface area contributed by atoms with E-state index in [0.29, 0.717) is 35.7 Å². The molecular formula is C29H30FNO4S. The molecule has 0 atom stereocenters. The number of nitrogens with zero attached hydrogens (tertiary/aromatic N) is 1. The van der Waals surface area contributed by atoms with E-state index in [0.717, 1.165) is 41.0 Å². The molecule has 0 saturated carbocycles. The van der Waals surface area contributed by atoms with E-state index in [2.05, 4.69) is 4.90 Å². The van der Waals surface area contributed by atoms with Gasteiger partial charge in [-0.25, -0.2) is 0 Å². The van der Waals surface area contributed by atoms with Crippen LogP contribution in [-0.2, 0) is 0 Å². The second-order valence-corrected chi connectivity index (χ2v) is 9.61. The van der Waals surface area contributed by atoms with Crippen molar-refractivity contribution < 1.29 is 23.8 Å². The van der Waals surface area contributed by atoms with Gasteiger partial charge in [0.15, 0.2) is 5.75 Å². The van der Waals surface area contributed by atoms with Crippen molar-refractivity contribution in [3.63, 3.8) is 0 Å². The number of phenols is 1. The van der Waals surface area contributed by atoms with Crippen molar-refractivity contribution in [1.82, 2.24) is 4.90 Å². The first-order valence-electron chi connectivity index (χ1n) is 12.0. The molecule has 0 unspecified atom stereocenters. The highest BCUT2D eigenvalue weighted by Crippen LogP contribution is 2.42. The first-order chi connectivity index (χ1) is 17.6. The SMILES string of the molecule is CF.Cc1cc(O)ccc1C(=O)c1sc2ccccc2c1Oc1ccc(OCCN2CCCC2)cc1. The summed E-state index contributed by atoms with van der Waals surface area (Å²) in [6.45, 7) is 5.76. The molecule has 36 heavy (non-hydrogen) atoms. The molecule has 1 aromatic heterocycles. The summed E-state index contributed by atoms with van der Waals surface area (Å²) < 4.78 is 22.7. The lowest BCUT2D eigenvalue weighted by atomic mass is 10.0. The van der Waals surface area contributed by atoms with Crippen LogP contribution >= 0.6 is 11.3 Å². The second kappa shape index (κ2) is 12.0. The quantitative estimate of drug-likeness (QED) is 0.260. The summed E-state index contributed by atoms with van der Waals surface area (Å²) in [5.74, 6) is 2.03. The largest absolute Gasteiger partial charge is 0.508 e. The number of halogens is 1. The summed E-state index contributed by atoms with van der Waals surface area (Å²) >= 11 is 1.42. The number of benzene rings is 3. The van der Waals surface area contributed by atoms with Crippen molar-refractivity contribution >= 4 is 27.2 Å². The number of ether oxygens (including phenoxy) is 2. The van der Waals surface area contributed by atoms with Crippen LogP contribution in [0.4, 0.5) is 4.39 Å². The number of likely N-dealkylation sites (tertiary alicyclic amines) is 1. The zero-order valence-corrected chi connectivity index (χ0v) is 21.3. The minimum absolute atomic E-state index is 0.115. The summed E-state index contributed by atoms with van der Waals surface area (Å²) in [5, 5.41) is 10.6. The van der Waals surface area contributed by atoms with Gasteiger partial charge in [-0.1, -0.05) is 12.1 Å². The molecule has 188 valence electrons. The van der Waals surface area contributed by atoms with Gasteiger partial charge in [-0.2, -0.15) is 0 Å². The van der Waals surface area contributed by atoms with E-state index in [1.165, 1.54) is 30.2 Å². The van der Waals surface area contributed by atoms with Gasteiger partial charge in [-0.05, 0) is 93.0 Å². The van der Waals surface area contributed by atoms with Gasteiger partial charge in [-0.3, -0.25) is 14.1 Å². The number of thiophene rings is 1. The monoisotopic (exact) mass is 507 g/mol. The van der Waals surface area contributed by atoms with Crippen molar-refractivity contribution in [2.75, 3.05) is 33.4 Å². The van der Waals surface area contributed by atoms with Crippen LogP contribution in [0, 0.1) is 6.92 Å². The fourth-order valence-corrected chi connectivity index (χ4v) is 5.40. The molecule has 1 N–H and O–H groups in total. The maximum Gasteiger partial charge on any atom is 0.207 e. The molecule has 0 radical (unpaired) electrons.